The van der Waals surface area contributed by atoms with Gasteiger partial charge in [-0.2, -0.15) is 0 Å². The molecule has 0 unspecified atom stereocenters. The summed E-state index contributed by atoms with van der Waals surface area (Å²) in [4.78, 5) is 14.9. The van der Waals surface area contributed by atoms with Crippen molar-refractivity contribution in [1.29, 1.82) is 0 Å². The van der Waals surface area contributed by atoms with E-state index in [9.17, 15) is 18.0 Å². The molecule has 0 bridgehead atoms. The molecule has 3 nitrogen and oxygen atoms in total. The van der Waals surface area contributed by atoms with E-state index in [1.54, 1.807) is 36.4 Å². The zero-order chi connectivity index (χ0) is 23.2. The lowest BCUT2D eigenvalue weighted by Crippen LogP contribution is -2.38. The molecule has 33 heavy (non-hydrogen) atoms. The van der Waals surface area contributed by atoms with Gasteiger partial charge in [-0.1, -0.05) is 24.3 Å². The molecule has 3 aromatic carbocycles. The quantitative estimate of drug-likeness (QED) is 0.404. The Morgan fingerprint density at radius 3 is 1.73 bits per heavy atom. The summed E-state index contributed by atoms with van der Waals surface area (Å²) < 4.78 is 46.0. The van der Waals surface area contributed by atoms with Gasteiger partial charge in [0.25, 0.3) is 0 Å². The van der Waals surface area contributed by atoms with Crippen LogP contribution in [0.3, 0.4) is 0 Å². The molecular weight excluding hydrogens is 427 g/mol. The highest BCUT2D eigenvalue weighted by molar-refractivity contribution is 5.97. The topological polar surface area (TPSA) is 29.5 Å². The predicted octanol–water partition coefficient (Wildman–Crippen LogP) is 5.80. The van der Waals surface area contributed by atoms with E-state index in [1.165, 1.54) is 36.4 Å². The Hall–Kier alpha value is -2.96. The average Bonchev–Trinajstić information content (AvgIpc) is 2.84. The second-order valence-electron chi connectivity index (χ2n) is 8.34. The molecule has 0 amide bonds. The molecule has 0 spiro atoms. The zero-order valence-electron chi connectivity index (χ0n) is 18.2. The minimum Gasteiger partial charge on any atom is -0.367 e. The number of carbonyl (C=O) groups is 1. The van der Waals surface area contributed by atoms with Crippen LogP contribution in [0.4, 0.5) is 13.2 Å². The van der Waals surface area contributed by atoms with E-state index in [-0.39, 0.29) is 29.2 Å². The Balaban J connectivity index is 1.31. The molecule has 0 aromatic heterocycles. The van der Waals surface area contributed by atoms with Gasteiger partial charge in [0, 0.05) is 18.0 Å². The highest BCUT2D eigenvalue weighted by Crippen LogP contribution is 2.27. The molecule has 3 aromatic rings. The summed E-state index contributed by atoms with van der Waals surface area (Å²) in [5.41, 5.74) is 2.15. The van der Waals surface area contributed by atoms with Crippen LogP contribution in [0.1, 0.15) is 40.4 Å². The first-order valence-corrected chi connectivity index (χ1v) is 11.1. The van der Waals surface area contributed by atoms with E-state index in [0.29, 0.717) is 18.7 Å². The van der Waals surface area contributed by atoms with Crippen molar-refractivity contribution in [1.82, 2.24) is 4.90 Å². The maximum atomic E-state index is 13.4. The molecule has 0 N–H and O–H groups in total. The van der Waals surface area contributed by atoms with Crippen LogP contribution in [-0.2, 0) is 4.74 Å². The van der Waals surface area contributed by atoms with Crippen LogP contribution < -0.4 is 0 Å². The third-order valence-electron chi connectivity index (χ3n) is 6.12. The van der Waals surface area contributed by atoms with Gasteiger partial charge in [-0.05, 0) is 85.6 Å². The summed E-state index contributed by atoms with van der Waals surface area (Å²) in [6, 6.07) is 18.0. The summed E-state index contributed by atoms with van der Waals surface area (Å²) >= 11 is 0. The highest BCUT2D eigenvalue weighted by atomic mass is 19.1. The van der Waals surface area contributed by atoms with Crippen molar-refractivity contribution in [3.8, 4) is 0 Å². The number of piperidine rings is 1. The van der Waals surface area contributed by atoms with Crippen molar-refractivity contribution in [2.24, 2.45) is 5.92 Å². The van der Waals surface area contributed by atoms with Crippen LogP contribution in [-0.4, -0.2) is 36.9 Å². The molecule has 172 valence electrons. The first-order chi connectivity index (χ1) is 16.0. The number of nitrogens with zero attached hydrogens (tertiary/aromatic N) is 1. The normalized spacial score (nSPS) is 15.2. The maximum absolute atomic E-state index is 13.4. The SMILES string of the molecule is O=C(c1ccc(F)cc1)C1CCN(CCOC(c2ccc(F)cc2)c2ccc(F)cc2)CC1. The number of benzene rings is 3. The second-order valence-corrected chi connectivity index (χ2v) is 8.34. The fraction of sp³-hybridized carbons (Fsp3) is 0.296. The van der Waals surface area contributed by atoms with E-state index in [4.69, 9.17) is 4.74 Å². The number of hydrogen-bond donors (Lipinski definition) is 0. The minimum atomic E-state index is -0.427. The summed E-state index contributed by atoms with van der Waals surface area (Å²) in [5.74, 6) is -0.984. The first kappa shape index (κ1) is 23.2. The van der Waals surface area contributed by atoms with Crippen molar-refractivity contribution in [2.45, 2.75) is 18.9 Å². The monoisotopic (exact) mass is 453 g/mol. The second kappa shape index (κ2) is 10.8. The van der Waals surface area contributed by atoms with Crippen LogP contribution in [0.5, 0.6) is 0 Å². The number of ketones is 1. The molecule has 1 aliphatic rings. The number of halogens is 3. The van der Waals surface area contributed by atoms with Crippen LogP contribution >= 0.6 is 0 Å². The summed E-state index contributed by atoms with van der Waals surface area (Å²) in [7, 11) is 0. The van der Waals surface area contributed by atoms with E-state index in [1.807, 2.05) is 0 Å². The minimum absolute atomic E-state index is 0.0567. The van der Waals surface area contributed by atoms with Gasteiger partial charge < -0.3 is 9.64 Å². The van der Waals surface area contributed by atoms with Crippen molar-refractivity contribution in [3.63, 3.8) is 0 Å². The molecule has 1 aliphatic heterocycles. The Morgan fingerprint density at radius 1 is 0.788 bits per heavy atom. The Morgan fingerprint density at radius 2 is 1.24 bits per heavy atom. The molecule has 1 heterocycles. The van der Waals surface area contributed by atoms with Gasteiger partial charge >= 0.3 is 0 Å². The molecule has 1 saturated heterocycles. The lowest BCUT2D eigenvalue weighted by Gasteiger charge is -2.31. The maximum Gasteiger partial charge on any atom is 0.166 e. The smallest absolute Gasteiger partial charge is 0.166 e. The van der Waals surface area contributed by atoms with Gasteiger partial charge in [0.05, 0.1) is 6.61 Å². The molecule has 6 heteroatoms. The Kier molecular flexibility index (Phi) is 7.57. The average molecular weight is 454 g/mol. The lowest BCUT2D eigenvalue weighted by atomic mass is 9.89. The fourth-order valence-electron chi connectivity index (χ4n) is 4.23. The van der Waals surface area contributed by atoms with Crippen LogP contribution in [0, 0.1) is 23.4 Å². The van der Waals surface area contributed by atoms with Crippen molar-refractivity contribution < 1.29 is 22.7 Å². The van der Waals surface area contributed by atoms with Gasteiger partial charge in [0.1, 0.15) is 23.6 Å². The van der Waals surface area contributed by atoms with Crippen LogP contribution in [0.25, 0.3) is 0 Å². The molecule has 0 aliphatic carbocycles. The van der Waals surface area contributed by atoms with Crippen molar-refractivity contribution in [2.75, 3.05) is 26.2 Å². The Bertz CT molecular complexity index is 999. The molecular formula is C27H26F3NO2. The third kappa shape index (κ3) is 6.09. The van der Waals surface area contributed by atoms with Crippen LogP contribution in [0.2, 0.25) is 0 Å². The largest absolute Gasteiger partial charge is 0.367 e. The number of hydrogen-bond acceptors (Lipinski definition) is 3. The predicted molar refractivity (Wildman–Crippen MR) is 120 cm³/mol. The molecule has 0 radical (unpaired) electrons. The van der Waals surface area contributed by atoms with E-state index < -0.39 is 6.10 Å². The number of Topliss-reactive ketones (excluding diaryl/α,β-unsaturated/α-hetero) is 1. The van der Waals surface area contributed by atoms with E-state index in [2.05, 4.69) is 4.90 Å². The van der Waals surface area contributed by atoms with Gasteiger partial charge in [-0.25, -0.2) is 13.2 Å². The van der Waals surface area contributed by atoms with E-state index >= 15 is 0 Å². The zero-order valence-corrected chi connectivity index (χ0v) is 18.2. The molecule has 1 fully saturated rings. The summed E-state index contributed by atoms with van der Waals surface area (Å²) in [6.07, 6.45) is 1.06. The lowest BCUT2D eigenvalue weighted by molar-refractivity contribution is 0.0499. The standard InChI is InChI=1S/C27H26F3NO2/c28-23-7-1-19(2-8-23)26(32)20-13-15-31(16-14-20)17-18-33-27(21-3-9-24(29)10-4-21)22-5-11-25(30)12-6-22/h1-12,20,27H,13-18H2. The van der Waals surface area contributed by atoms with Gasteiger partial charge in [0.15, 0.2) is 5.78 Å². The highest BCUT2D eigenvalue weighted by Gasteiger charge is 2.26. The fourth-order valence-corrected chi connectivity index (χ4v) is 4.23. The molecule has 0 saturated carbocycles. The van der Waals surface area contributed by atoms with Gasteiger partial charge in [-0.15, -0.1) is 0 Å². The molecule has 0 atom stereocenters. The van der Waals surface area contributed by atoms with Crippen LogP contribution in [0.15, 0.2) is 72.8 Å². The van der Waals surface area contributed by atoms with Crippen molar-refractivity contribution >= 4 is 5.78 Å². The van der Waals surface area contributed by atoms with Crippen molar-refractivity contribution in [3.05, 3.63) is 107 Å². The number of ether oxygens (including phenoxy) is 1. The number of rotatable bonds is 8. The first-order valence-electron chi connectivity index (χ1n) is 11.1. The molecule has 4 rings (SSSR count). The number of likely N-dealkylation sites (tertiary alicyclic amines) is 1. The summed E-state index contributed by atoms with van der Waals surface area (Å²) in [6.45, 7) is 2.68. The number of carbonyl (C=O) groups excluding carboxylic acids is 1. The van der Waals surface area contributed by atoms with E-state index in [0.717, 1.165) is 37.1 Å². The summed E-state index contributed by atoms with van der Waals surface area (Å²) in [5, 5.41) is 0. The van der Waals surface area contributed by atoms with Gasteiger partial charge in [0.2, 0.25) is 0 Å². The Labute approximate surface area is 191 Å². The van der Waals surface area contributed by atoms with Gasteiger partial charge in [-0.3, -0.25) is 4.79 Å². The third-order valence-corrected chi connectivity index (χ3v) is 6.12.